The van der Waals surface area contributed by atoms with Crippen molar-refractivity contribution in [2.24, 2.45) is 17.6 Å². The number of nitrogens with two attached hydrogens (primary N) is 1. The van der Waals surface area contributed by atoms with E-state index in [0.29, 0.717) is 24.5 Å². The zero-order chi connectivity index (χ0) is 13.7. The molecule has 0 spiro atoms. The summed E-state index contributed by atoms with van der Waals surface area (Å²) in [6, 6.07) is 0.852. The van der Waals surface area contributed by atoms with Crippen LogP contribution in [0.3, 0.4) is 0 Å². The van der Waals surface area contributed by atoms with Crippen LogP contribution in [0.15, 0.2) is 0 Å². The van der Waals surface area contributed by atoms with Crippen LogP contribution >= 0.6 is 0 Å². The summed E-state index contributed by atoms with van der Waals surface area (Å²) in [5.41, 5.74) is 8.81. The summed E-state index contributed by atoms with van der Waals surface area (Å²) in [6.45, 7) is 9.04. The largest absolute Gasteiger partial charge is 0.330 e. The highest BCUT2D eigenvalue weighted by Crippen LogP contribution is 2.21. The highest BCUT2D eigenvalue weighted by atomic mass is 16.2. The van der Waals surface area contributed by atoms with E-state index in [-0.39, 0.29) is 11.8 Å². The minimum atomic E-state index is -0.0636. The standard InChI is InChI=1S/C14H29N3O/c1-10(2)8-13(9-15)14(18)16-17-11(3)6-5-7-12(17)4/h10-13H,5-9,15H2,1-4H3,(H,16,18). The molecule has 0 bridgehead atoms. The number of carbonyl (C=O) groups excluding carboxylic acids is 1. The van der Waals surface area contributed by atoms with Crippen molar-refractivity contribution in [2.45, 2.75) is 65.5 Å². The van der Waals surface area contributed by atoms with Crippen LogP contribution < -0.4 is 11.2 Å². The molecule has 1 aliphatic rings. The molecule has 0 radical (unpaired) electrons. The van der Waals surface area contributed by atoms with Crippen molar-refractivity contribution >= 4 is 5.91 Å². The first-order valence-electron chi connectivity index (χ1n) is 7.24. The Kier molecular flexibility index (Phi) is 6.09. The van der Waals surface area contributed by atoms with Gasteiger partial charge in [0.05, 0.1) is 5.92 Å². The fourth-order valence-electron chi connectivity index (χ4n) is 2.74. The second-order valence-electron chi connectivity index (χ2n) is 6.07. The Hall–Kier alpha value is -0.610. The maximum absolute atomic E-state index is 12.2. The van der Waals surface area contributed by atoms with E-state index in [0.717, 1.165) is 19.3 Å². The summed E-state index contributed by atoms with van der Waals surface area (Å²) in [7, 11) is 0. The van der Waals surface area contributed by atoms with E-state index < -0.39 is 0 Å². The van der Waals surface area contributed by atoms with Crippen LogP contribution in [-0.4, -0.2) is 29.5 Å². The van der Waals surface area contributed by atoms with Gasteiger partial charge < -0.3 is 5.73 Å². The van der Waals surface area contributed by atoms with Crippen LogP contribution in [-0.2, 0) is 4.79 Å². The van der Waals surface area contributed by atoms with Crippen molar-refractivity contribution < 1.29 is 4.79 Å². The van der Waals surface area contributed by atoms with Gasteiger partial charge in [0.1, 0.15) is 0 Å². The molecule has 1 aliphatic heterocycles. The van der Waals surface area contributed by atoms with Crippen molar-refractivity contribution in [3.05, 3.63) is 0 Å². The highest BCUT2D eigenvalue weighted by Gasteiger charge is 2.28. The van der Waals surface area contributed by atoms with E-state index in [1.165, 1.54) is 6.42 Å². The van der Waals surface area contributed by atoms with E-state index in [4.69, 9.17) is 5.73 Å². The van der Waals surface area contributed by atoms with Gasteiger partial charge in [-0.3, -0.25) is 10.2 Å². The lowest BCUT2D eigenvalue weighted by molar-refractivity contribution is -0.133. The summed E-state index contributed by atoms with van der Waals surface area (Å²) in [4.78, 5) is 12.2. The van der Waals surface area contributed by atoms with Gasteiger partial charge >= 0.3 is 0 Å². The van der Waals surface area contributed by atoms with Gasteiger partial charge in [0.25, 0.3) is 0 Å². The lowest BCUT2D eigenvalue weighted by atomic mass is 9.96. The first kappa shape index (κ1) is 15.4. The molecule has 1 heterocycles. The van der Waals surface area contributed by atoms with Crippen LogP contribution in [0.1, 0.15) is 53.4 Å². The average Bonchev–Trinajstić information content (AvgIpc) is 2.30. The Morgan fingerprint density at radius 3 is 2.33 bits per heavy atom. The van der Waals surface area contributed by atoms with Gasteiger partial charge in [-0.15, -0.1) is 0 Å². The second kappa shape index (κ2) is 7.10. The zero-order valence-corrected chi connectivity index (χ0v) is 12.3. The predicted molar refractivity (Wildman–Crippen MR) is 74.8 cm³/mol. The predicted octanol–water partition coefficient (Wildman–Crippen LogP) is 1.90. The molecule has 0 aliphatic carbocycles. The van der Waals surface area contributed by atoms with Gasteiger partial charge in [0.2, 0.25) is 5.91 Å². The van der Waals surface area contributed by atoms with Crippen molar-refractivity contribution in [3.8, 4) is 0 Å². The molecule has 4 nitrogen and oxygen atoms in total. The normalized spacial score (nSPS) is 27.2. The number of piperidine rings is 1. The van der Waals surface area contributed by atoms with Gasteiger partial charge in [-0.1, -0.05) is 20.3 Å². The van der Waals surface area contributed by atoms with Crippen LogP contribution in [0.5, 0.6) is 0 Å². The third-order valence-corrected chi connectivity index (χ3v) is 3.84. The third kappa shape index (κ3) is 4.25. The Morgan fingerprint density at radius 2 is 1.89 bits per heavy atom. The monoisotopic (exact) mass is 255 g/mol. The molecule has 1 saturated heterocycles. The zero-order valence-electron chi connectivity index (χ0n) is 12.3. The minimum absolute atomic E-state index is 0.0636. The SMILES string of the molecule is CC(C)CC(CN)C(=O)NN1C(C)CCCC1C. The first-order chi connectivity index (χ1) is 8.45. The summed E-state index contributed by atoms with van der Waals surface area (Å²) in [5.74, 6) is 0.527. The first-order valence-corrected chi connectivity index (χ1v) is 7.24. The van der Waals surface area contributed by atoms with E-state index in [2.05, 4.69) is 38.1 Å². The number of hydrogen-bond donors (Lipinski definition) is 2. The average molecular weight is 255 g/mol. The number of nitrogens with zero attached hydrogens (tertiary/aromatic N) is 1. The number of carbonyl (C=O) groups is 1. The molecule has 18 heavy (non-hydrogen) atoms. The van der Waals surface area contributed by atoms with Gasteiger partial charge in [-0.05, 0) is 39.0 Å². The van der Waals surface area contributed by atoms with Gasteiger partial charge in [-0.2, -0.15) is 0 Å². The molecule has 0 aromatic heterocycles. The molecule has 0 aromatic carbocycles. The maximum atomic E-state index is 12.2. The van der Waals surface area contributed by atoms with E-state index in [9.17, 15) is 4.79 Å². The molecule has 3 unspecified atom stereocenters. The smallest absolute Gasteiger partial charge is 0.238 e. The number of nitrogens with one attached hydrogen (secondary N) is 1. The Morgan fingerprint density at radius 1 is 1.33 bits per heavy atom. The second-order valence-corrected chi connectivity index (χ2v) is 6.07. The molecule has 1 amide bonds. The lowest BCUT2D eigenvalue weighted by Crippen LogP contribution is -2.56. The van der Waals surface area contributed by atoms with Gasteiger partial charge in [-0.25, -0.2) is 5.01 Å². The number of hydrogen-bond acceptors (Lipinski definition) is 3. The fourth-order valence-corrected chi connectivity index (χ4v) is 2.74. The molecule has 106 valence electrons. The molecular formula is C14H29N3O. The highest BCUT2D eigenvalue weighted by molar-refractivity contribution is 5.78. The van der Waals surface area contributed by atoms with Crippen molar-refractivity contribution in [3.63, 3.8) is 0 Å². The third-order valence-electron chi connectivity index (χ3n) is 3.84. The van der Waals surface area contributed by atoms with Gasteiger partial charge in [0, 0.05) is 18.6 Å². The lowest BCUT2D eigenvalue weighted by Gasteiger charge is -2.39. The fraction of sp³-hybridized carbons (Fsp3) is 0.929. The summed E-state index contributed by atoms with van der Waals surface area (Å²) in [5, 5.41) is 2.12. The molecule has 3 N–H and O–H groups in total. The molecular weight excluding hydrogens is 226 g/mol. The van der Waals surface area contributed by atoms with Crippen LogP contribution in [0.2, 0.25) is 0 Å². The Balaban J connectivity index is 2.55. The van der Waals surface area contributed by atoms with Crippen LogP contribution in [0.4, 0.5) is 0 Å². The molecule has 0 saturated carbocycles. The summed E-state index contributed by atoms with van der Waals surface area (Å²) >= 11 is 0. The van der Waals surface area contributed by atoms with Crippen molar-refractivity contribution in [1.82, 2.24) is 10.4 Å². The summed E-state index contributed by atoms with van der Waals surface area (Å²) in [6.07, 6.45) is 4.42. The molecule has 1 fully saturated rings. The molecule has 3 atom stereocenters. The Labute approximate surface area is 111 Å². The number of hydrazine groups is 1. The molecule has 0 aromatic rings. The maximum Gasteiger partial charge on any atom is 0.238 e. The topological polar surface area (TPSA) is 58.4 Å². The molecule has 1 rings (SSSR count). The minimum Gasteiger partial charge on any atom is -0.330 e. The Bertz CT molecular complexity index is 258. The van der Waals surface area contributed by atoms with Gasteiger partial charge in [0.15, 0.2) is 0 Å². The van der Waals surface area contributed by atoms with Crippen molar-refractivity contribution in [1.29, 1.82) is 0 Å². The van der Waals surface area contributed by atoms with Crippen LogP contribution in [0.25, 0.3) is 0 Å². The van der Waals surface area contributed by atoms with E-state index in [1.807, 2.05) is 0 Å². The quantitative estimate of drug-likeness (QED) is 0.789. The van der Waals surface area contributed by atoms with Crippen molar-refractivity contribution in [2.75, 3.05) is 6.54 Å². The van der Waals surface area contributed by atoms with E-state index in [1.54, 1.807) is 0 Å². The van der Waals surface area contributed by atoms with E-state index >= 15 is 0 Å². The number of rotatable bonds is 5. The summed E-state index contributed by atoms with van der Waals surface area (Å²) < 4.78 is 0. The van der Waals surface area contributed by atoms with Crippen LogP contribution in [0, 0.1) is 11.8 Å². The number of amides is 1. The molecule has 4 heteroatoms.